The molecule has 23 heavy (non-hydrogen) atoms. The molecule has 0 unspecified atom stereocenters. The van der Waals surface area contributed by atoms with Crippen LogP contribution in [0.4, 0.5) is 33.3 Å². The summed E-state index contributed by atoms with van der Waals surface area (Å²) in [6.07, 6.45) is 0. The first-order valence-corrected chi connectivity index (χ1v) is 6.05. The Bertz CT molecular complexity index is 751. The molecule has 0 aliphatic carbocycles. The number of rotatable bonds is 4. The van der Waals surface area contributed by atoms with Gasteiger partial charge in [0.2, 0.25) is 5.82 Å². The highest BCUT2D eigenvalue weighted by molar-refractivity contribution is 5.52. The topological polar surface area (TPSA) is 43.2 Å². The lowest BCUT2D eigenvalue weighted by atomic mass is 10.2. The fraction of sp³-hybridized carbons (Fsp3) is 0.143. The highest BCUT2D eigenvalue weighted by Gasteiger charge is 2.25. The Morgan fingerprint density at radius 1 is 0.696 bits per heavy atom. The first kappa shape index (κ1) is 16.7. The van der Waals surface area contributed by atoms with Crippen LogP contribution in [0.15, 0.2) is 28.4 Å². The molecule has 4 nitrogen and oxygen atoms in total. The molecule has 0 aliphatic rings. The van der Waals surface area contributed by atoms with E-state index >= 15 is 0 Å². The molecule has 9 heteroatoms. The van der Waals surface area contributed by atoms with Gasteiger partial charge >= 0.3 is 0 Å². The normalized spacial score (nSPS) is 11.1. The van der Waals surface area contributed by atoms with Gasteiger partial charge in [-0.3, -0.25) is 0 Å². The van der Waals surface area contributed by atoms with E-state index in [1.165, 1.54) is 32.4 Å². The van der Waals surface area contributed by atoms with E-state index in [2.05, 4.69) is 10.2 Å². The summed E-state index contributed by atoms with van der Waals surface area (Å²) in [7, 11) is 2.75. The van der Waals surface area contributed by atoms with E-state index in [0.717, 1.165) is 0 Å². The molecule has 0 fully saturated rings. The number of methoxy groups -OCH3 is 2. The van der Waals surface area contributed by atoms with Crippen molar-refractivity contribution in [3.05, 3.63) is 47.3 Å². The fourth-order valence-corrected chi connectivity index (χ4v) is 1.68. The van der Waals surface area contributed by atoms with Gasteiger partial charge in [0.25, 0.3) is 0 Å². The Labute approximate surface area is 127 Å². The van der Waals surface area contributed by atoms with Crippen molar-refractivity contribution in [2.45, 2.75) is 0 Å². The molecule has 0 spiro atoms. The van der Waals surface area contributed by atoms with Crippen LogP contribution in [0.5, 0.6) is 11.5 Å². The summed E-state index contributed by atoms with van der Waals surface area (Å²) in [4.78, 5) is 0. The maximum atomic E-state index is 13.5. The van der Waals surface area contributed by atoms with Crippen LogP contribution in [-0.2, 0) is 0 Å². The zero-order chi connectivity index (χ0) is 17.1. The molecule has 0 radical (unpaired) electrons. The standard InChI is InChI=1S/C14H9F5N2O2/c1-22-7-4-3-6(5-8(7)23-2)20-21-14-12(18)10(16)9(15)11(17)13(14)19/h3-5H,1-2H3. The number of hydrogen-bond acceptors (Lipinski definition) is 4. The smallest absolute Gasteiger partial charge is 0.200 e. The Morgan fingerprint density at radius 2 is 1.22 bits per heavy atom. The second-order valence-corrected chi connectivity index (χ2v) is 4.16. The van der Waals surface area contributed by atoms with Gasteiger partial charge in [-0.2, -0.15) is 5.11 Å². The first-order valence-electron chi connectivity index (χ1n) is 6.05. The Balaban J connectivity index is 2.45. The highest BCUT2D eigenvalue weighted by atomic mass is 19.2. The lowest BCUT2D eigenvalue weighted by Crippen LogP contribution is -2.00. The molecule has 2 aromatic rings. The maximum Gasteiger partial charge on any atom is 0.200 e. The molecule has 0 saturated carbocycles. The minimum absolute atomic E-state index is 0.0617. The van der Waals surface area contributed by atoms with Gasteiger partial charge in [-0.25, -0.2) is 22.0 Å². The van der Waals surface area contributed by atoms with Crippen molar-refractivity contribution in [2.24, 2.45) is 10.2 Å². The quantitative estimate of drug-likeness (QED) is 0.349. The average Bonchev–Trinajstić information content (AvgIpc) is 2.57. The Hall–Kier alpha value is -2.71. The van der Waals surface area contributed by atoms with E-state index in [1.807, 2.05) is 0 Å². The third-order valence-corrected chi connectivity index (χ3v) is 2.82. The van der Waals surface area contributed by atoms with E-state index in [1.54, 1.807) is 0 Å². The molecule has 0 N–H and O–H groups in total. The lowest BCUT2D eigenvalue weighted by Gasteiger charge is -2.07. The summed E-state index contributed by atoms with van der Waals surface area (Å²) in [5, 5.41) is 6.55. The number of azo groups is 1. The molecule has 2 rings (SSSR count). The van der Waals surface area contributed by atoms with Crippen molar-refractivity contribution in [2.75, 3.05) is 14.2 Å². The molecule has 0 heterocycles. The molecule has 0 aromatic heterocycles. The molecule has 0 aliphatic heterocycles. The summed E-state index contributed by atoms with van der Waals surface area (Å²) in [6.45, 7) is 0. The van der Waals surface area contributed by atoms with Crippen molar-refractivity contribution < 1.29 is 31.4 Å². The molecule has 122 valence electrons. The van der Waals surface area contributed by atoms with Crippen LogP contribution >= 0.6 is 0 Å². The van der Waals surface area contributed by atoms with Gasteiger partial charge in [-0.05, 0) is 12.1 Å². The molecular weight excluding hydrogens is 323 g/mol. The summed E-state index contributed by atoms with van der Waals surface area (Å²) >= 11 is 0. The van der Waals surface area contributed by atoms with E-state index in [9.17, 15) is 22.0 Å². The monoisotopic (exact) mass is 332 g/mol. The van der Waals surface area contributed by atoms with E-state index in [4.69, 9.17) is 9.47 Å². The number of hydrogen-bond donors (Lipinski definition) is 0. The Morgan fingerprint density at radius 3 is 1.74 bits per heavy atom. The van der Waals surface area contributed by atoms with E-state index in [0.29, 0.717) is 5.75 Å². The van der Waals surface area contributed by atoms with Gasteiger partial charge in [-0.1, -0.05) is 0 Å². The van der Waals surface area contributed by atoms with Crippen LogP contribution in [-0.4, -0.2) is 14.2 Å². The van der Waals surface area contributed by atoms with Crippen LogP contribution in [0.25, 0.3) is 0 Å². The molecule has 0 atom stereocenters. The van der Waals surface area contributed by atoms with Crippen molar-refractivity contribution in [3.63, 3.8) is 0 Å². The lowest BCUT2D eigenvalue weighted by molar-refractivity contribution is 0.355. The number of halogens is 5. The third kappa shape index (κ3) is 3.08. The van der Waals surface area contributed by atoms with Crippen LogP contribution in [0, 0.1) is 29.1 Å². The molecular formula is C14H9F5N2O2. The third-order valence-electron chi connectivity index (χ3n) is 2.82. The van der Waals surface area contributed by atoms with E-state index in [-0.39, 0.29) is 11.4 Å². The largest absolute Gasteiger partial charge is 0.493 e. The van der Waals surface area contributed by atoms with Gasteiger partial charge < -0.3 is 9.47 Å². The molecule has 2 aromatic carbocycles. The van der Waals surface area contributed by atoms with Crippen LogP contribution in [0.1, 0.15) is 0 Å². The summed E-state index contributed by atoms with van der Waals surface area (Å²) in [5.74, 6) is -9.96. The molecule has 0 bridgehead atoms. The predicted molar refractivity (Wildman–Crippen MR) is 70.0 cm³/mol. The SMILES string of the molecule is COc1ccc(N=Nc2c(F)c(F)c(F)c(F)c2F)cc1OC. The number of benzene rings is 2. The predicted octanol–water partition coefficient (Wildman–Crippen LogP) is 4.81. The average molecular weight is 332 g/mol. The molecule has 0 amide bonds. The zero-order valence-corrected chi connectivity index (χ0v) is 11.8. The van der Waals surface area contributed by atoms with Gasteiger partial charge in [-0.15, -0.1) is 5.11 Å². The number of ether oxygens (including phenoxy) is 2. The van der Waals surface area contributed by atoms with E-state index < -0.39 is 34.8 Å². The highest BCUT2D eigenvalue weighted by Crippen LogP contribution is 2.34. The maximum absolute atomic E-state index is 13.5. The summed E-state index contributed by atoms with van der Waals surface area (Å²) in [5.41, 5.74) is -1.32. The van der Waals surface area contributed by atoms with Gasteiger partial charge in [0.05, 0.1) is 19.9 Å². The van der Waals surface area contributed by atoms with Gasteiger partial charge in [0, 0.05) is 6.07 Å². The minimum atomic E-state index is -2.26. The summed E-state index contributed by atoms with van der Waals surface area (Å²) in [6, 6.07) is 4.11. The van der Waals surface area contributed by atoms with Crippen molar-refractivity contribution in [1.29, 1.82) is 0 Å². The Kier molecular flexibility index (Phi) is 4.77. The van der Waals surface area contributed by atoms with Gasteiger partial charge in [0.1, 0.15) is 0 Å². The minimum Gasteiger partial charge on any atom is -0.493 e. The van der Waals surface area contributed by atoms with Crippen molar-refractivity contribution in [3.8, 4) is 11.5 Å². The molecule has 0 saturated heterocycles. The van der Waals surface area contributed by atoms with Crippen molar-refractivity contribution >= 4 is 11.4 Å². The summed E-state index contributed by atoms with van der Waals surface area (Å²) < 4.78 is 75.9. The van der Waals surface area contributed by atoms with Crippen LogP contribution in [0.2, 0.25) is 0 Å². The zero-order valence-electron chi connectivity index (χ0n) is 11.8. The fourth-order valence-electron chi connectivity index (χ4n) is 1.68. The van der Waals surface area contributed by atoms with Crippen LogP contribution < -0.4 is 9.47 Å². The van der Waals surface area contributed by atoms with Crippen molar-refractivity contribution in [1.82, 2.24) is 0 Å². The first-order chi connectivity index (χ1) is 10.9. The van der Waals surface area contributed by atoms with Gasteiger partial charge in [0.15, 0.2) is 40.5 Å². The number of nitrogens with zero attached hydrogens (tertiary/aromatic N) is 2. The second kappa shape index (κ2) is 6.59. The second-order valence-electron chi connectivity index (χ2n) is 4.16. The van der Waals surface area contributed by atoms with Crippen LogP contribution in [0.3, 0.4) is 0 Å².